The predicted octanol–water partition coefficient (Wildman–Crippen LogP) is 3.10. The summed E-state index contributed by atoms with van der Waals surface area (Å²) in [6.07, 6.45) is 4.93. The number of nitrogens with two attached hydrogens (primary N) is 1. The van der Waals surface area contributed by atoms with Crippen LogP contribution in [0, 0.1) is 0 Å². The molecule has 2 rings (SSSR count). The number of ether oxygens (including phenoxy) is 2. The zero-order chi connectivity index (χ0) is 23.7. The average molecular weight is 471 g/mol. The number of unbranched alkanes of at least 4 members (excludes halogenated alkanes) is 2. The second-order valence-electron chi connectivity index (χ2n) is 7.98. The van der Waals surface area contributed by atoms with Crippen LogP contribution in [-0.2, 0) is 29.9 Å². The lowest BCUT2D eigenvalue weighted by molar-refractivity contribution is -0.149. The third-order valence-electron chi connectivity index (χ3n) is 4.56. The van der Waals surface area contributed by atoms with Gasteiger partial charge in [-0.2, -0.15) is 0 Å². The Bertz CT molecular complexity index is 921. The van der Waals surface area contributed by atoms with Crippen molar-refractivity contribution in [3.05, 3.63) is 12.7 Å². The van der Waals surface area contributed by atoms with Crippen LogP contribution in [0.25, 0.3) is 11.2 Å². The first-order valence-electron chi connectivity index (χ1n) is 10.9. The number of fused-ring (bicyclic) bond motifs is 1. The van der Waals surface area contributed by atoms with Gasteiger partial charge >= 0.3 is 5.97 Å². The van der Waals surface area contributed by atoms with Crippen LogP contribution < -0.4 is 10.8 Å². The van der Waals surface area contributed by atoms with Crippen molar-refractivity contribution in [2.75, 3.05) is 18.7 Å². The first-order chi connectivity index (χ1) is 15.1. The van der Waals surface area contributed by atoms with E-state index in [4.69, 9.17) is 19.7 Å². The number of hydrogen-bond donors (Lipinski definition) is 2. The number of anilines is 1. The summed E-state index contributed by atoms with van der Waals surface area (Å²) in [7, 11) is -3.46. The Hall–Kier alpha value is -2.07. The third kappa shape index (κ3) is 7.81. The van der Waals surface area contributed by atoms with E-state index < -0.39 is 19.5 Å². The summed E-state index contributed by atoms with van der Waals surface area (Å²) in [5.41, 5.74) is 6.94. The van der Waals surface area contributed by atoms with Crippen molar-refractivity contribution in [2.45, 2.75) is 78.7 Å². The number of nitrogens with zero attached hydrogens (tertiary/aromatic N) is 4. The van der Waals surface area contributed by atoms with Crippen molar-refractivity contribution in [1.82, 2.24) is 24.6 Å². The van der Waals surface area contributed by atoms with Gasteiger partial charge in [-0.3, -0.25) is 9.36 Å². The first-order valence-corrected chi connectivity index (χ1v) is 12.7. The third-order valence-corrected chi connectivity index (χ3v) is 6.43. The number of hydrogen-bond acceptors (Lipinski definition) is 9. The fraction of sp³-hybridized carbons (Fsp3) is 0.700. The summed E-state index contributed by atoms with van der Waals surface area (Å²) in [5.74, 6) is -0.189. The van der Waals surface area contributed by atoms with Gasteiger partial charge in [0.25, 0.3) is 7.52 Å². The standard InChI is InChI=1S/C20H35N6O5P/c1-6-7-8-9-30-32(28,25-16(5)20(27)31-14(2)3)13-29-15(4)10-26-12-24-17-18(21)22-11-23-19(17)26/h11-12,14-16H,6-10,13H2,1-5H3,(H,25,28)(H2,21,22,23)/t15-,16+,32-/m1/s1. The van der Waals surface area contributed by atoms with Crippen molar-refractivity contribution in [1.29, 1.82) is 0 Å². The molecule has 3 N–H and O–H groups in total. The fourth-order valence-corrected chi connectivity index (χ4v) is 4.74. The molecule has 0 aromatic carbocycles. The summed E-state index contributed by atoms with van der Waals surface area (Å²) < 4.78 is 31.9. The van der Waals surface area contributed by atoms with Crippen molar-refractivity contribution in [3.63, 3.8) is 0 Å². The largest absolute Gasteiger partial charge is 0.462 e. The molecule has 2 aromatic heterocycles. The summed E-state index contributed by atoms with van der Waals surface area (Å²) >= 11 is 0. The van der Waals surface area contributed by atoms with Crippen LogP contribution in [0.4, 0.5) is 5.82 Å². The zero-order valence-electron chi connectivity index (χ0n) is 19.5. The van der Waals surface area contributed by atoms with Crippen molar-refractivity contribution >= 4 is 30.5 Å². The number of nitrogens with one attached hydrogen (secondary N) is 1. The zero-order valence-corrected chi connectivity index (χ0v) is 20.4. The Morgan fingerprint density at radius 1 is 1.22 bits per heavy atom. The number of carbonyl (C=O) groups excluding carboxylic acids is 1. The summed E-state index contributed by atoms with van der Waals surface area (Å²) in [5, 5.41) is 2.80. The van der Waals surface area contributed by atoms with Gasteiger partial charge in [0.05, 0.1) is 31.7 Å². The number of rotatable bonds is 14. The van der Waals surface area contributed by atoms with Crippen molar-refractivity contribution < 1.29 is 23.4 Å². The van der Waals surface area contributed by atoms with Gasteiger partial charge in [-0.05, 0) is 34.1 Å². The van der Waals surface area contributed by atoms with Crippen LogP contribution in [0.15, 0.2) is 12.7 Å². The molecule has 0 radical (unpaired) electrons. The molecule has 0 aliphatic rings. The Balaban J connectivity index is 2.01. The molecule has 0 amide bonds. The number of esters is 1. The summed E-state index contributed by atoms with van der Waals surface area (Å²) in [6.45, 7) is 9.75. The van der Waals surface area contributed by atoms with E-state index in [9.17, 15) is 9.36 Å². The molecule has 0 unspecified atom stereocenters. The Morgan fingerprint density at radius 3 is 2.66 bits per heavy atom. The van der Waals surface area contributed by atoms with Crippen LogP contribution in [-0.4, -0.2) is 56.7 Å². The van der Waals surface area contributed by atoms with Gasteiger partial charge in [0.15, 0.2) is 11.5 Å². The molecular weight excluding hydrogens is 435 g/mol. The van der Waals surface area contributed by atoms with Crippen molar-refractivity contribution in [2.24, 2.45) is 0 Å². The quantitative estimate of drug-likeness (QED) is 0.240. The molecule has 2 aromatic rings. The minimum atomic E-state index is -3.46. The second kappa shape index (κ2) is 12.2. The highest BCUT2D eigenvalue weighted by atomic mass is 31.2. The van der Waals surface area contributed by atoms with Gasteiger partial charge in [0.1, 0.15) is 24.2 Å². The first kappa shape index (κ1) is 26.2. The van der Waals surface area contributed by atoms with E-state index in [1.807, 2.05) is 6.92 Å². The minimum absolute atomic E-state index is 0.191. The van der Waals surface area contributed by atoms with E-state index in [0.29, 0.717) is 30.1 Å². The highest BCUT2D eigenvalue weighted by Gasteiger charge is 2.30. The highest BCUT2D eigenvalue weighted by Crippen LogP contribution is 2.43. The van der Waals surface area contributed by atoms with Gasteiger partial charge in [0, 0.05) is 0 Å². The van der Waals surface area contributed by atoms with Gasteiger partial charge < -0.3 is 24.3 Å². The van der Waals surface area contributed by atoms with Crippen molar-refractivity contribution in [3.8, 4) is 0 Å². The molecule has 0 spiro atoms. The molecule has 2 heterocycles. The van der Waals surface area contributed by atoms with Crippen LogP contribution in [0.3, 0.4) is 0 Å². The van der Waals surface area contributed by atoms with E-state index in [1.165, 1.54) is 6.33 Å². The Labute approximate surface area is 188 Å². The lowest BCUT2D eigenvalue weighted by atomic mass is 10.3. The van der Waals surface area contributed by atoms with E-state index in [1.54, 1.807) is 31.7 Å². The number of nitrogen functional groups attached to an aromatic ring is 1. The van der Waals surface area contributed by atoms with Gasteiger partial charge in [-0.1, -0.05) is 19.8 Å². The second-order valence-corrected chi connectivity index (χ2v) is 10.1. The monoisotopic (exact) mass is 470 g/mol. The molecule has 180 valence electrons. The number of aromatic nitrogens is 4. The van der Waals surface area contributed by atoms with Gasteiger partial charge in [0.2, 0.25) is 0 Å². The molecule has 0 bridgehead atoms. The lowest BCUT2D eigenvalue weighted by Crippen LogP contribution is -2.36. The van der Waals surface area contributed by atoms with E-state index in [-0.39, 0.29) is 18.6 Å². The highest BCUT2D eigenvalue weighted by molar-refractivity contribution is 7.56. The van der Waals surface area contributed by atoms with Crippen LogP contribution in [0.5, 0.6) is 0 Å². The number of carbonyl (C=O) groups is 1. The Morgan fingerprint density at radius 2 is 1.97 bits per heavy atom. The molecule has 32 heavy (non-hydrogen) atoms. The Kier molecular flexibility index (Phi) is 10.0. The predicted molar refractivity (Wildman–Crippen MR) is 122 cm³/mol. The smallest absolute Gasteiger partial charge is 0.323 e. The molecular formula is C20H35N6O5P. The molecule has 0 fully saturated rings. The van der Waals surface area contributed by atoms with Gasteiger partial charge in [-0.25, -0.2) is 20.0 Å². The molecule has 0 saturated heterocycles. The number of imidazole rings is 1. The molecule has 0 aliphatic carbocycles. The van der Waals surface area contributed by atoms with E-state index >= 15 is 0 Å². The molecule has 0 aliphatic heterocycles. The maximum Gasteiger partial charge on any atom is 0.323 e. The van der Waals surface area contributed by atoms with Crippen LogP contribution >= 0.6 is 7.52 Å². The molecule has 11 nitrogen and oxygen atoms in total. The maximum absolute atomic E-state index is 13.4. The average Bonchev–Trinajstić information content (AvgIpc) is 3.13. The van der Waals surface area contributed by atoms with Crippen LogP contribution in [0.2, 0.25) is 0 Å². The summed E-state index contributed by atoms with van der Waals surface area (Å²) in [4.78, 5) is 24.6. The molecule has 0 saturated carbocycles. The molecule has 3 atom stereocenters. The SMILES string of the molecule is CCCCCO[P@](=O)(CO[C@H](C)Cn1cnc2c(N)ncnc21)N[C@@H](C)C(=O)OC(C)C. The fourth-order valence-electron chi connectivity index (χ4n) is 2.95. The minimum Gasteiger partial charge on any atom is -0.462 e. The summed E-state index contributed by atoms with van der Waals surface area (Å²) in [6, 6.07) is -0.800. The molecule has 12 heteroatoms. The van der Waals surface area contributed by atoms with E-state index in [0.717, 1.165) is 19.3 Å². The van der Waals surface area contributed by atoms with Gasteiger partial charge in [-0.15, -0.1) is 0 Å². The van der Waals surface area contributed by atoms with Crippen LogP contribution in [0.1, 0.15) is 53.9 Å². The topological polar surface area (TPSA) is 143 Å². The normalized spacial score (nSPS) is 15.6. The van der Waals surface area contributed by atoms with E-state index in [2.05, 4.69) is 27.0 Å². The maximum atomic E-state index is 13.4. The lowest BCUT2D eigenvalue weighted by Gasteiger charge is -2.25.